The van der Waals surface area contributed by atoms with Crippen LogP contribution in [-0.4, -0.2) is 14.3 Å². The monoisotopic (exact) mass is 394 g/mol. The molecule has 5 nitrogen and oxygen atoms in total. The van der Waals surface area contributed by atoms with Crippen molar-refractivity contribution in [2.75, 3.05) is 5.32 Å². The van der Waals surface area contributed by atoms with E-state index in [2.05, 4.69) is 10.0 Å². The van der Waals surface area contributed by atoms with Gasteiger partial charge >= 0.3 is 0 Å². The van der Waals surface area contributed by atoms with Crippen molar-refractivity contribution in [2.45, 2.75) is 25.3 Å². The van der Waals surface area contributed by atoms with Crippen molar-refractivity contribution in [1.82, 2.24) is 4.72 Å². The van der Waals surface area contributed by atoms with E-state index in [1.54, 1.807) is 13.0 Å². The molecule has 3 aromatic rings. The minimum Gasteiger partial charge on any atom is -0.322 e. The number of rotatable bonds is 6. The van der Waals surface area contributed by atoms with E-state index in [1.807, 2.05) is 61.5 Å². The van der Waals surface area contributed by atoms with Gasteiger partial charge in [-0.3, -0.25) is 4.79 Å². The Balaban J connectivity index is 1.79. The molecule has 2 N–H and O–H groups in total. The van der Waals surface area contributed by atoms with Gasteiger partial charge in [0.15, 0.2) is 0 Å². The lowest BCUT2D eigenvalue weighted by atomic mass is 10.1. The summed E-state index contributed by atoms with van der Waals surface area (Å²) in [5.74, 6) is -0.346. The first kappa shape index (κ1) is 19.8. The fourth-order valence-corrected chi connectivity index (χ4v) is 3.75. The lowest BCUT2D eigenvalue weighted by Gasteiger charge is -2.11. The highest BCUT2D eigenvalue weighted by Gasteiger charge is 2.18. The molecule has 6 heteroatoms. The van der Waals surface area contributed by atoms with Gasteiger partial charge in [-0.15, -0.1) is 0 Å². The Kier molecular flexibility index (Phi) is 5.92. The predicted molar refractivity (Wildman–Crippen MR) is 111 cm³/mol. The highest BCUT2D eigenvalue weighted by atomic mass is 32.2. The van der Waals surface area contributed by atoms with Crippen LogP contribution in [0, 0.1) is 13.8 Å². The second-order valence-corrected chi connectivity index (χ2v) is 8.37. The summed E-state index contributed by atoms with van der Waals surface area (Å²) >= 11 is 0. The second kappa shape index (κ2) is 8.37. The average molecular weight is 394 g/mol. The van der Waals surface area contributed by atoms with E-state index in [0.717, 1.165) is 11.1 Å². The molecule has 0 fully saturated rings. The Morgan fingerprint density at radius 1 is 0.893 bits per heavy atom. The molecule has 0 aliphatic heterocycles. The first-order valence-corrected chi connectivity index (χ1v) is 10.4. The molecule has 3 rings (SSSR count). The van der Waals surface area contributed by atoms with Gasteiger partial charge in [-0.1, -0.05) is 54.1 Å². The van der Waals surface area contributed by atoms with Gasteiger partial charge in [0, 0.05) is 17.8 Å². The van der Waals surface area contributed by atoms with Gasteiger partial charge in [0.1, 0.15) is 0 Å². The summed E-state index contributed by atoms with van der Waals surface area (Å²) < 4.78 is 27.9. The number of amides is 1. The van der Waals surface area contributed by atoms with E-state index in [1.165, 1.54) is 12.1 Å². The lowest BCUT2D eigenvalue weighted by molar-refractivity contribution is 0.102. The molecule has 0 saturated carbocycles. The Morgan fingerprint density at radius 3 is 2.25 bits per heavy atom. The maximum Gasteiger partial charge on any atom is 0.255 e. The van der Waals surface area contributed by atoms with Gasteiger partial charge in [0.25, 0.3) is 5.91 Å². The van der Waals surface area contributed by atoms with E-state index in [0.29, 0.717) is 16.8 Å². The van der Waals surface area contributed by atoms with Gasteiger partial charge in [-0.25, -0.2) is 13.1 Å². The summed E-state index contributed by atoms with van der Waals surface area (Å²) in [5.41, 5.74) is 3.63. The van der Waals surface area contributed by atoms with E-state index in [9.17, 15) is 13.2 Å². The molecule has 0 aromatic heterocycles. The van der Waals surface area contributed by atoms with E-state index in [4.69, 9.17) is 0 Å². The third kappa shape index (κ3) is 4.85. The molecule has 1 amide bonds. The first-order chi connectivity index (χ1) is 13.3. The minimum absolute atomic E-state index is 0.0584. The second-order valence-electron chi connectivity index (χ2n) is 6.61. The van der Waals surface area contributed by atoms with Crippen LogP contribution in [0.3, 0.4) is 0 Å². The van der Waals surface area contributed by atoms with E-state index < -0.39 is 10.0 Å². The summed E-state index contributed by atoms with van der Waals surface area (Å²) in [6.07, 6.45) is 0. The number of carbonyl (C=O) groups is 1. The highest BCUT2D eigenvalue weighted by molar-refractivity contribution is 7.89. The SMILES string of the molecule is Cc1ccc(NC(=O)c2cc(S(=O)(=O)NCc3ccccc3)ccc2C)cc1. The van der Waals surface area contributed by atoms with Gasteiger partial charge in [-0.05, 0) is 49.2 Å². The van der Waals surface area contributed by atoms with Crippen molar-refractivity contribution < 1.29 is 13.2 Å². The fraction of sp³-hybridized carbons (Fsp3) is 0.136. The molecule has 0 atom stereocenters. The average Bonchev–Trinajstić information content (AvgIpc) is 2.69. The van der Waals surface area contributed by atoms with Gasteiger partial charge in [0.05, 0.1) is 4.90 Å². The van der Waals surface area contributed by atoms with Crippen molar-refractivity contribution in [2.24, 2.45) is 0 Å². The Hall–Kier alpha value is -2.96. The number of hydrogen-bond donors (Lipinski definition) is 2. The molecule has 0 bridgehead atoms. The molecule has 0 spiro atoms. The maximum absolute atomic E-state index is 12.7. The van der Waals surface area contributed by atoms with Crippen LogP contribution in [0.25, 0.3) is 0 Å². The van der Waals surface area contributed by atoms with Gasteiger partial charge < -0.3 is 5.32 Å². The van der Waals surface area contributed by atoms with Crippen LogP contribution in [0.1, 0.15) is 27.0 Å². The van der Waals surface area contributed by atoms with Gasteiger partial charge in [-0.2, -0.15) is 0 Å². The van der Waals surface area contributed by atoms with Crippen LogP contribution < -0.4 is 10.0 Å². The molecule has 0 heterocycles. The van der Waals surface area contributed by atoms with Crippen LogP contribution in [0.4, 0.5) is 5.69 Å². The zero-order chi connectivity index (χ0) is 20.1. The third-order valence-corrected chi connectivity index (χ3v) is 5.78. The first-order valence-electron chi connectivity index (χ1n) is 8.87. The smallest absolute Gasteiger partial charge is 0.255 e. The van der Waals surface area contributed by atoms with Crippen molar-refractivity contribution in [3.05, 3.63) is 95.1 Å². The molecule has 0 saturated heterocycles. The van der Waals surface area contributed by atoms with Crippen LogP contribution in [0.15, 0.2) is 77.7 Å². The largest absolute Gasteiger partial charge is 0.322 e. The Morgan fingerprint density at radius 2 is 1.57 bits per heavy atom. The molecular weight excluding hydrogens is 372 g/mol. The van der Waals surface area contributed by atoms with Crippen LogP contribution in [-0.2, 0) is 16.6 Å². The molecule has 0 aliphatic rings. The normalized spacial score (nSPS) is 11.2. The zero-order valence-corrected chi connectivity index (χ0v) is 16.6. The quantitative estimate of drug-likeness (QED) is 0.663. The number of sulfonamides is 1. The summed E-state index contributed by atoms with van der Waals surface area (Å²) in [6.45, 7) is 3.92. The topological polar surface area (TPSA) is 75.3 Å². The number of hydrogen-bond acceptors (Lipinski definition) is 3. The van der Waals surface area contributed by atoms with Crippen molar-refractivity contribution >= 4 is 21.6 Å². The fourth-order valence-electron chi connectivity index (χ4n) is 2.71. The van der Waals surface area contributed by atoms with Crippen molar-refractivity contribution in [1.29, 1.82) is 0 Å². The molecule has 28 heavy (non-hydrogen) atoms. The maximum atomic E-state index is 12.7. The molecular formula is C22H22N2O3S. The molecule has 0 aliphatic carbocycles. The lowest BCUT2D eigenvalue weighted by Crippen LogP contribution is -2.24. The number of nitrogens with one attached hydrogen (secondary N) is 2. The van der Waals surface area contributed by atoms with Crippen LogP contribution in [0.5, 0.6) is 0 Å². The predicted octanol–water partition coefficient (Wildman–Crippen LogP) is 4.03. The molecule has 0 unspecified atom stereocenters. The standard InChI is InChI=1S/C22H22N2O3S/c1-16-8-11-19(12-9-16)24-22(25)21-14-20(13-10-17(21)2)28(26,27)23-15-18-6-4-3-5-7-18/h3-14,23H,15H2,1-2H3,(H,24,25). The number of aryl methyl sites for hydroxylation is 2. The van der Waals surface area contributed by atoms with Crippen molar-refractivity contribution in [3.8, 4) is 0 Å². The van der Waals surface area contributed by atoms with E-state index in [-0.39, 0.29) is 17.3 Å². The van der Waals surface area contributed by atoms with Crippen LogP contribution in [0.2, 0.25) is 0 Å². The summed E-state index contributed by atoms with van der Waals surface area (Å²) in [5, 5.41) is 2.81. The highest BCUT2D eigenvalue weighted by Crippen LogP contribution is 2.18. The van der Waals surface area contributed by atoms with Crippen LogP contribution >= 0.6 is 0 Å². The summed E-state index contributed by atoms with van der Waals surface area (Å²) in [4.78, 5) is 12.7. The summed E-state index contributed by atoms with van der Waals surface area (Å²) in [6, 6.07) is 21.2. The third-order valence-electron chi connectivity index (χ3n) is 4.38. The molecule has 3 aromatic carbocycles. The number of benzene rings is 3. The zero-order valence-electron chi connectivity index (χ0n) is 15.8. The minimum atomic E-state index is -3.74. The van der Waals surface area contributed by atoms with Crippen molar-refractivity contribution in [3.63, 3.8) is 0 Å². The number of carbonyl (C=O) groups excluding carboxylic acids is 1. The van der Waals surface area contributed by atoms with E-state index >= 15 is 0 Å². The number of anilines is 1. The van der Waals surface area contributed by atoms with Gasteiger partial charge in [0.2, 0.25) is 10.0 Å². The molecule has 144 valence electrons. The Bertz CT molecular complexity index is 1080. The Labute approximate surface area is 165 Å². The summed E-state index contributed by atoms with van der Waals surface area (Å²) in [7, 11) is -3.74. The molecule has 0 radical (unpaired) electrons.